The number of hydrogen-bond acceptors (Lipinski definition) is 8. The third-order valence-electron chi connectivity index (χ3n) is 4.48. The van der Waals surface area contributed by atoms with Gasteiger partial charge in [0.15, 0.2) is 0 Å². The Morgan fingerprint density at radius 1 is 1.13 bits per heavy atom. The van der Waals surface area contributed by atoms with Crippen molar-refractivity contribution < 1.29 is 39.9 Å². The minimum Gasteiger partial charge on any atom is -0.454 e. The molecule has 1 fully saturated rings. The van der Waals surface area contributed by atoms with Crippen molar-refractivity contribution in [2.75, 3.05) is 40.4 Å². The first-order valence-corrected chi connectivity index (χ1v) is 12.0. The number of morpholine rings is 1. The Kier molecular flexibility index (Phi) is 6.81. The van der Waals surface area contributed by atoms with Crippen LogP contribution in [0.25, 0.3) is 0 Å². The predicted molar refractivity (Wildman–Crippen MR) is 105 cm³/mol. The van der Waals surface area contributed by atoms with Crippen LogP contribution < -0.4 is 0 Å². The molecule has 1 aliphatic rings. The van der Waals surface area contributed by atoms with Crippen LogP contribution in [0.5, 0.6) is 0 Å². The maximum absolute atomic E-state index is 14.2. The van der Waals surface area contributed by atoms with Crippen molar-refractivity contribution in [1.29, 1.82) is 0 Å². The fourth-order valence-corrected chi connectivity index (χ4v) is 4.97. The molecule has 0 atom stereocenters. The third-order valence-corrected chi connectivity index (χ3v) is 8.07. The molecule has 1 saturated heterocycles. The number of hydrogen-bond donors (Lipinski definition) is 0. The zero-order chi connectivity index (χ0) is 22.8. The van der Waals surface area contributed by atoms with Gasteiger partial charge in [-0.3, -0.25) is 0 Å². The van der Waals surface area contributed by atoms with Crippen LogP contribution in [-0.4, -0.2) is 71.8 Å². The number of carbonyl (C=O) groups excluding carboxylic acids is 1. The Hall–Kier alpha value is -2.32. The SMILES string of the molecule is CN(C)S(=O)(=O)c1ccc(COC(=O)c2cc(S(=O)(=O)N3CCOCC3)ccc2F)o1. The molecule has 3 rings (SSSR count). The molecule has 2 heterocycles. The predicted octanol–water partition coefficient (Wildman–Crippen LogP) is 1.05. The Morgan fingerprint density at radius 2 is 1.81 bits per heavy atom. The molecule has 13 heteroatoms. The van der Waals surface area contributed by atoms with Gasteiger partial charge in [0.25, 0.3) is 10.0 Å². The molecule has 0 N–H and O–H groups in total. The summed E-state index contributed by atoms with van der Waals surface area (Å²) in [6, 6.07) is 5.36. The van der Waals surface area contributed by atoms with Gasteiger partial charge in [0.05, 0.1) is 23.7 Å². The van der Waals surface area contributed by atoms with Crippen molar-refractivity contribution in [1.82, 2.24) is 8.61 Å². The minimum atomic E-state index is -3.93. The average Bonchev–Trinajstić information content (AvgIpc) is 3.22. The molecule has 31 heavy (non-hydrogen) atoms. The second kappa shape index (κ2) is 9.04. The van der Waals surface area contributed by atoms with Gasteiger partial charge in [0.2, 0.25) is 15.1 Å². The second-order valence-electron chi connectivity index (χ2n) is 6.74. The van der Waals surface area contributed by atoms with E-state index in [1.807, 2.05) is 0 Å². The minimum absolute atomic E-state index is 0.0197. The molecule has 0 spiro atoms. The molecule has 170 valence electrons. The number of furan rings is 1. The molecule has 1 aromatic heterocycles. The average molecular weight is 477 g/mol. The number of carbonyl (C=O) groups is 1. The Bertz CT molecular complexity index is 1170. The monoisotopic (exact) mass is 476 g/mol. The van der Waals surface area contributed by atoms with Gasteiger partial charge in [-0.15, -0.1) is 0 Å². The summed E-state index contributed by atoms with van der Waals surface area (Å²) in [6.07, 6.45) is 0. The van der Waals surface area contributed by atoms with Gasteiger partial charge >= 0.3 is 5.97 Å². The highest BCUT2D eigenvalue weighted by Crippen LogP contribution is 2.22. The number of ether oxygens (including phenoxy) is 2. The number of halogens is 1. The van der Waals surface area contributed by atoms with Crippen molar-refractivity contribution >= 4 is 26.0 Å². The first-order valence-electron chi connectivity index (χ1n) is 9.09. The molecule has 1 aliphatic heterocycles. The molecule has 0 unspecified atom stereocenters. The largest absolute Gasteiger partial charge is 0.454 e. The maximum Gasteiger partial charge on any atom is 0.341 e. The van der Waals surface area contributed by atoms with Gasteiger partial charge in [-0.05, 0) is 30.3 Å². The van der Waals surface area contributed by atoms with Crippen LogP contribution in [0, 0.1) is 5.82 Å². The number of rotatable bonds is 7. The number of esters is 1. The smallest absolute Gasteiger partial charge is 0.341 e. The maximum atomic E-state index is 14.2. The number of nitrogens with zero attached hydrogens (tertiary/aromatic N) is 2. The summed E-state index contributed by atoms with van der Waals surface area (Å²) in [5, 5.41) is -0.340. The van der Waals surface area contributed by atoms with E-state index in [1.54, 1.807) is 0 Å². The van der Waals surface area contributed by atoms with E-state index in [0.717, 1.165) is 22.5 Å². The van der Waals surface area contributed by atoms with Gasteiger partial charge in [0, 0.05) is 27.2 Å². The molecular formula is C18H21FN2O8S2. The summed E-state index contributed by atoms with van der Waals surface area (Å²) in [6.45, 7) is 0.308. The van der Waals surface area contributed by atoms with Crippen LogP contribution in [0.4, 0.5) is 4.39 Å². The first-order chi connectivity index (χ1) is 14.5. The lowest BCUT2D eigenvalue weighted by Crippen LogP contribution is -2.40. The van der Waals surface area contributed by atoms with E-state index in [-0.39, 0.29) is 42.1 Å². The normalized spacial score (nSPS) is 15.9. The lowest BCUT2D eigenvalue weighted by Gasteiger charge is -2.26. The van der Waals surface area contributed by atoms with Gasteiger partial charge < -0.3 is 13.9 Å². The van der Waals surface area contributed by atoms with Gasteiger partial charge in [0.1, 0.15) is 18.2 Å². The van der Waals surface area contributed by atoms with Crippen molar-refractivity contribution in [2.24, 2.45) is 0 Å². The van der Waals surface area contributed by atoms with Crippen LogP contribution in [-0.2, 0) is 36.1 Å². The summed E-state index contributed by atoms with van der Waals surface area (Å²) in [4.78, 5) is 12.1. The van der Waals surface area contributed by atoms with Gasteiger partial charge in [-0.1, -0.05) is 0 Å². The summed E-state index contributed by atoms with van der Waals surface area (Å²) >= 11 is 0. The fourth-order valence-electron chi connectivity index (χ4n) is 2.73. The highest BCUT2D eigenvalue weighted by molar-refractivity contribution is 7.89. The molecule has 0 saturated carbocycles. The van der Waals surface area contributed by atoms with Crippen LogP contribution in [0.2, 0.25) is 0 Å². The van der Waals surface area contributed by atoms with Crippen molar-refractivity contribution in [3.8, 4) is 0 Å². The second-order valence-corrected chi connectivity index (χ2v) is 10.8. The van der Waals surface area contributed by atoms with Gasteiger partial charge in [-0.25, -0.2) is 30.3 Å². The van der Waals surface area contributed by atoms with Crippen LogP contribution in [0.15, 0.2) is 44.7 Å². The summed E-state index contributed by atoms with van der Waals surface area (Å²) in [5.41, 5.74) is -0.568. The summed E-state index contributed by atoms with van der Waals surface area (Å²) in [7, 11) is -5.07. The lowest BCUT2D eigenvalue weighted by atomic mass is 10.2. The summed E-state index contributed by atoms with van der Waals surface area (Å²) < 4.78 is 81.1. The molecule has 0 amide bonds. The highest BCUT2D eigenvalue weighted by Gasteiger charge is 2.28. The molecular weight excluding hydrogens is 455 g/mol. The Labute approximate surface area is 179 Å². The third kappa shape index (κ3) is 4.96. The van der Waals surface area contributed by atoms with Crippen molar-refractivity contribution in [3.63, 3.8) is 0 Å². The molecule has 10 nitrogen and oxygen atoms in total. The van der Waals surface area contributed by atoms with E-state index in [9.17, 15) is 26.0 Å². The quantitative estimate of drug-likeness (QED) is 0.543. The standard InChI is InChI=1S/C18H21FN2O8S2/c1-20(2)31(25,26)17-6-3-13(29-17)12-28-18(22)15-11-14(4-5-16(15)19)30(23,24)21-7-9-27-10-8-21/h3-6,11H,7-10,12H2,1-2H3. The van der Waals surface area contributed by atoms with E-state index in [1.165, 1.54) is 30.5 Å². The summed E-state index contributed by atoms with van der Waals surface area (Å²) in [5.74, 6) is -2.06. The molecule has 1 aromatic carbocycles. The molecule has 0 bridgehead atoms. The van der Waals surface area contributed by atoms with Gasteiger partial charge in [-0.2, -0.15) is 4.31 Å². The fraction of sp³-hybridized carbons (Fsp3) is 0.389. The topological polar surface area (TPSA) is 123 Å². The van der Waals surface area contributed by atoms with Crippen LogP contribution in [0.3, 0.4) is 0 Å². The molecule has 2 aromatic rings. The van der Waals surface area contributed by atoms with E-state index < -0.39 is 44.0 Å². The zero-order valence-electron chi connectivity index (χ0n) is 16.8. The van der Waals surface area contributed by atoms with Crippen LogP contribution >= 0.6 is 0 Å². The van der Waals surface area contributed by atoms with Crippen LogP contribution in [0.1, 0.15) is 16.1 Å². The Balaban J connectivity index is 1.75. The molecule has 0 aliphatic carbocycles. The van der Waals surface area contributed by atoms with Crippen molar-refractivity contribution in [3.05, 3.63) is 47.5 Å². The number of sulfonamides is 2. The van der Waals surface area contributed by atoms with E-state index in [4.69, 9.17) is 13.9 Å². The zero-order valence-corrected chi connectivity index (χ0v) is 18.4. The Morgan fingerprint density at radius 3 is 2.45 bits per heavy atom. The van der Waals surface area contributed by atoms with Crippen molar-refractivity contribution in [2.45, 2.75) is 16.6 Å². The van der Waals surface area contributed by atoms with E-state index in [2.05, 4.69) is 0 Å². The number of benzene rings is 1. The lowest BCUT2D eigenvalue weighted by molar-refractivity contribution is 0.0435. The first kappa shape index (κ1) is 23.3. The highest BCUT2D eigenvalue weighted by atomic mass is 32.2. The molecule has 0 radical (unpaired) electrons. The van der Waals surface area contributed by atoms with E-state index >= 15 is 0 Å². The van der Waals surface area contributed by atoms with E-state index in [0.29, 0.717) is 0 Å².